The number of para-hydroxylation sites is 1. The second-order valence-electron chi connectivity index (χ2n) is 4.76. The van der Waals surface area contributed by atoms with Gasteiger partial charge in [-0.25, -0.2) is 8.42 Å². The highest BCUT2D eigenvalue weighted by Crippen LogP contribution is 2.30. The molecule has 1 fully saturated rings. The lowest BCUT2D eigenvalue weighted by Crippen LogP contribution is -2.34. The van der Waals surface area contributed by atoms with Gasteiger partial charge < -0.3 is 15.2 Å². The molecule has 0 aliphatic carbocycles. The summed E-state index contributed by atoms with van der Waals surface area (Å²) in [5.74, 6) is 0.108. The minimum atomic E-state index is -3.59. The molecule has 8 heteroatoms. The van der Waals surface area contributed by atoms with E-state index in [0.717, 1.165) is 0 Å². The Hall–Kier alpha value is -1.80. The Morgan fingerprint density at radius 2 is 2.10 bits per heavy atom. The average Bonchev–Trinajstić information content (AvgIpc) is 2.47. The van der Waals surface area contributed by atoms with Crippen molar-refractivity contribution in [2.45, 2.75) is 18.1 Å². The van der Waals surface area contributed by atoms with Crippen LogP contribution in [0.15, 0.2) is 18.2 Å². The summed E-state index contributed by atoms with van der Waals surface area (Å²) < 4.78 is 37.8. The van der Waals surface area contributed by atoms with Gasteiger partial charge in [-0.2, -0.15) is 0 Å². The number of benzene rings is 1. The fourth-order valence-corrected chi connectivity index (χ4v) is 3.72. The van der Waals surface area contributed by atoms with Crippen molar-refractivity contribution >= 4 is 21.5 Å². The van der Waals surface area contributed by atoms with Gasteiger partial charge in [-0.15, -0.1) is 0 Å². The molecule has 0 bridgehead atoms. The molecular formula is C13H19N3O4S. The molecule has 21 heavy (non-hydrogen) atoms. The third-order valence-electron chi connectivity index (χ3n) is 3.39. The Kier molecular flexibility index (Phi) is 4.69. The maximum atomic E-state index is 12.5. The van der Waals surface area contributed by atoms with Crippen LogP contribution in [0.2, 0.25) is 0 Å². The fourth-order valence-electron chi connectivity index (χ4n) is 2.24. The Labute approximate surface area is 124 Å². The topological polar surface area (TPSA) is 114 Å². The highest BCUT2D eigenvalue weighted by atomic mass is 32.2. The molecule has 0 aromatic heterocycles. The van der Waals surface area contributed by atoms with Gasteiger partial charge in [-0.3, -0.25) is 10.1 Å². The summed E-state index contributed by atoms with van der Waals surface area (Å²) in [5, 5.41) is 7.05. The van der Waals surface area contributed by atoms with Gasteiger partial charge in [-0.1, -0.05) is 6.07 Å². The molecule has 0 radical (unpaired) electrons. The second-order valence-corrected chi connectivity index (χ2v) is 6.72. The van der Waals surface area contributed by atoms with Crippen molar-refractivity contribution in [3.05, 3.63) is 23.8 Å². The predicted molar refractivity (Wildman–Crippen MR) is 80.4 cm³/mol. The molecule has 1 aliphatic rings. The van der Waals surface area contributed by atoms with Crippen LogP contribution in [0.25, 0.3) is 0 Å². The van der Waals surface area contributed by atoms with Gasteiger partial charge in [0.25, 0.3) is 0 Å². The van der Waals surface area contributed by atoms with E-state index < -0.39 is 15.3 Å². The van der Waals surface area contributed by atoms with Crippen molar-refractivity contribution < 1.29 is 17.9 Å². The van der Waals surface area contributed by atoms with Gasteiger partial charge in [0.2, 0.25) is 10.0 Å². The SMILES string of the molecule is COc1cccc(C(=N)N)c1NS(=O)(=O)C1CCOCC1. The van der Waals surface area contributed by atoms with Crippen LogP contribution in [-0.2, 0) is 14.8 Å². The summed E-state index contributed by atoms with van der Waals surface area (Å²) in [6.07, 6.45) is 0.889. The molecule has 1 aliphatic heterocycles. The van der Waals surface area contributed by atoms with Crippen molar-refractivity contribution in [1.82, 2.24) is 0 Å². The van der Waals surface area contributed by atoms with Crippen LogP contribution < -0.4 is 15.2 Å². The van der Waals surface area contributed by atoms with Crippen LogP contribution in [0, 0.1) is 5.41 Å². The molecule has 0 unspecified atom stereocenters. The number of nitrogen functional groups attached to an aromatic ring is 1. The number of amidine groups is 1. The molecule has 1 heterocycles. The zero-order valence-corrected chi connectivity index (χ0v) is 12.6. The van der Waals surface area contributed by atoms with E-state index in [1.165, 1.54) is 7.11 Å². The van der Waals surface area contributed by atoms with Crippen LogP contribution in [0.3, 0.4) is 0 Å². The summed E-state index contributed by atoms with van der Waals surface area (Å²) in [5.41, 5.74) is 6.01. The number of rotatable bonds is 5. The van der Waals surface area contributed by atoms with Gasteiger partial charge in [0.05, 0.1) is 12.4 Å². The van der Waals surface area contributed by atoms with Gasteiger partial charge in [0.1, 0.15) is 17.3 Å². The summed E-state index contributed by atoms with van der Waals surface area (Å²) in [4.78, 5) is 0. The number of nitrogens with one attached hydrogen (secondary N) is 2. The summed E-state index contributed by atoms with van der Waals surface area (Å²) in [7, 11) is -2.15. The monoisotopic (exact) mass is 313 g/mol. The van der Waals surface area contributed by atoms with Crippen molar-refractivity contribution in [2.75, 3.05) is 25.0 Å². The zero-order chi connectivity index (χ0) is 15.5. The third-order valence-corrected chi connectivity index (χ3v) is 5.23. The predicted octanol–water partition coefficient (Wildman–Crippen LogP) is 0.900. The lowest BCUT2D eigenvalue weighted by molar-refractivity contribution is 0.0984. The Morgan fingerprint density at radius 3 is 2.67 bits per heavy atom. The molecule has 1 saturated heterocycles. The first-order valence-electron chi connectivity index (χ1n) is 6.56. The molecule has 2 rings (SSSR count). The van der Waals surface area contributed by atoms with E-state index in [9.17, 15) is 8.42 Å². The van der Waals surface area contributed by atoms with Gasteiger partial charge >= 0.3 is 0 Å². The van der Waals surface area contributed by atoms with E-state index in [2.05, 4.69) is 4.72 Å². The third kappa shape index (κ3) is 3.45. The number of anilines is 1. The number of hydrogen-bond donors (Lipinski definition) is 3. The molecule has 0 spiro atoms. The van der Waals surface area contributed by atoms with Crippen molar-refractivity contribution in [1.29, 1.82) is 5.41 Å². The van der Waals surface area contributed by atoms with E-state index in [4.69, 9.17) is 20.6 Å². The lowest BCUT2D eigenvalue weighted by atomic mass is 10.1. The van der Waals surface area contributed by atoms with Gasteiger partial charge in [-0.05, 0) is 25.0 Å². The molecule has 0 atom stereocenters. The summed E-state index contributed by atoms with van der Waals surface area (Å²) in [6.45, 7) is 0.855. The number of hydrogen-bond acceptors (Lipinski definition) is 5. The maximum absolute atomic E-state index is 12.5. The molecule has 0 saturated carbocycles. The number of nitrogens with two attached hydrogens (primary N) is 1. The highest BCUT2D eigenvalue weighted by molar-refractivity contribution is 7.93. The minimum absolute atomic E-state index is 0.207. The van der Waals surface area contributed by atoms with Gasteiger partial charge in [0, 0.05) is 18.8 Å². The van der Waals surface area contributed by atoms with Crippen molar-refractivity contribution in [3.63, 3.8) is 0 Å². The highest BCUT2D eigenvalue weighted by Gasteiger charge is 2.29. The van der Waals surface area contributed by atoms with Crippen LogP contribution in [-0.4, -0.2) is 39.8 Å². The first-order chi connectivity index (χ1) is 9.95. The number of sulfonamides is 1. The quantitative estimate of drug-likeness (QED) is 0.552. The smallest absolute Gasteiger partial charge is 0.235 e. The standard InChI is InChI=1S/C13H19N3O4S/c1-19-11-4-2-3-10(13(14)15)12(11)16-21(17,18)9-5-7-20-8-6-9/h2-4,9,16H,5-8H2,1H3,(H3,14,15). The molecule has 1 aromatic carbocycles. The van der Waals surface area contributed by atoms with E-state index >= 15 is 0 Å². The van der Waals surface area contributed by atoms with E-state index in [1.54, 1.807) is 18.2 Å². The number of methoxy groups -OCH3 is 1. The lowest BCUT2D eigenvalue weighted by Gasteiger charge is -2.24. The summed E-state index contributed by atoms with van der Waals surface area (Å²) >= 11 is 0. The molecule has 1 aromatic rings. The number of ether oxygens (including phenoxy) is 2. The van der Waals surface area contributed by atoms with Gasteiger partial charge in [0.15, 0.2) is 0 Å². The maximum Gasteiger partial charge on any atom is 0.235 e. The van der Waals surface area contributed by atoms with E-state index in [0.29, 0.717) is 37.4 Å². The van der Waals surface area contributed by atoms with E-state index in [-0.39, 0.29) is 11.5 Å². The van der Waals surface area contributed by atoms with Crippen LogP contribution in [0.1, 0.15) is 18.4 Å². The Bertz CT molecular complexity index is 624. The van der Waals surface area contributed by atoms with E-state index in [1.807, 2.05) is 0 Å². The second kappa shape index (κ2) is 6.31. The molecule has 4 N–H and O–H groups in total. The molecule has 116 valence electrons. The first-order valence-corrected chi connectivity index (χ1v) is 8.11. The summed E-state index contributed by atoms with van der Waals surface area (Å²) in [6, 6.07) is 4.85. The van der Waals surface area contributed by atoms with Crippen LogP contribution >= 0.6 is 0 Å². The largest absolute Gasteiger partial charge is 0.495 e. The van der Waals surface area contributed by atoms with Crippen molar-refractivity contribution in [3.8, 4) is 5.75 Å². The average molecular weight is 313 g/mol. The molecule has 0 amide bonds. The van der Waals surface area contributed by atoms with Crippen LogP contribution in [0.5, 0.6) is 5.75 Å². The zero-order valence-electron chi connectivity index (χ0n) is 11.8. The fraction of sp³-hybridized carbons (Fsp3) is 0.462. The van der Waals surface area contributed by atoms with Crippen molar-refractivity contribution in [2.24, 2.45) is 5.73 Å². The molecular weight excluding hydrogens is 294 g/mol. The van der Waals surface area contributed by atoms with Crippen LogP contribution in [0.4, 0.5) is 5.69 Å². The normalized spacial score (nSPS) is 16.4. The molecule has 7 nitrogen and oxygen atoms in total. The minimum Gasteiger partial charge on any atom is -0.495 e. The Morgan fingerprint density at radius 1 is 1.43 bits per heavy atom. The first kappa shape index (κ1) is 15.6. The Balaban J connectivity index is 2.35.